The van der Waals surface area contributed by atoms with Crippen molar-refractivity contribution in [1.29, 1.82) is 0 Å². The van der Waals surface area contributed by atoms with Crippen LogP contribution in [0.1, 0.15) is 22.7 Å². The fourth-order valence-electron chi connectivity index (χ4n) is 5.42. The first-order chi connectivity index (χ1) is 22.4. The Morgan fingerprint density at radius 3 is 2.24 bits per heavy atom. The first-order valence-corrected chi connectivity index (χ1v) is 15.9. The van der Waals surface area contributed by atoms with E-state index in [0.717, 1.165) is 16.3 Å². The SMILES string of the molecule is COc1ccc(/C(O)=C2/C(=O)C(=O)N(c3nnc(SCc4cccc5ccccc45)s3)C2c2ccc(OC)c(OC)c2)cc1OC. The van der Waals surface area contributed by atoms with E-state index in [4.69, 9.17) is 18.9 Å². The number of ether oxygens (including phenoxy) is 4. The molecule has 10 nitrogen and oxygen atoms in total. The molecule has 4 aromatic carbocycles. The Labute approximate surface area is 273 Å². The van der Waals surface area contributed by atoms with Gasteiger partial charge in [-0.15, -0.1) is 10.2 Å². The van der Waals surface area contributed by atoms with E-state index >= 15 is 0 Å². The van der Waals surface area contributed by atoms with E-state index in [-0.39, 0.29) is 22.0 Å². The van der Waals surface area contributed by atoms with E-state index in [1.807, 2.05) is 18.2 Å². The van der Waals surface area contributed by atoms with Gasteiger partial charge in [0.25, 0.3) is 5.78 Å². The highest BCUT2D eigenvalue weighted by atomic mass is 32.2. The number of amides is 1. The van der Waals surface area contributed by atoms with Gasteiger partial charge in [-0.1, -0.05) is 71.6 Å². The van der Waals surface area contributed by atoms with Crippen molar-refractivity contribution in [1.82, 2.24) is 10.2 Å². The summed E-state index contributed by atoms with van der Waals surface area (Å²) >= 11 is 2.68. The van der Waals surface area contributed by atoms with Gasteiger partial charge in [0.05, 0.1) is 40.1 Å². The van der Waals surface area contributed by atoms with E-state index in [1.54, 1.807) is 36.4 Å². The summed E-state index contributed by atoms with van der Waals surface area (Å²) in [5.41, 5.74) is 1.79. The number of benzene rings is 4. The molecule has 0 radical (unpaired) electrons. The van der Waals surface area contributed by atoms with Crippen LogP contribution in [-0.4, -0.2) is 55.4 Å². The standard InChI is InChI=1S/C34H29N3O7S2/c1-41-24-14-12-20(16-26(24)43-3)29-28(30(38)21-13-15-25(42-2)27(17-21)44-4)31(39)32(40)37(29)33-35-36-34(46-33)45-18-22-10-7-9-19-8-5-6-11-23(19)22/h5-17,29,38H,18H2,1-4H3/b30-28-. The van der Waals surface area contributed by atoms with Crippen molar-refractivity contribution < 1.29 is 33.6 Å². The Morgan fingerprint density at radius 1 is 0.826 bits per heavy atom. The van der Waals surface area contributed by atoms with Gasteiger partial charge in [-0.05, 0) is 52.2 Å². The van der Waals surface area contributed by atoms with E-state index in [0.29, 0.717) is 38.7 Å². The molecule has 1 N–H and O–H groups in total. The molecule has 1 saturated heterocycles. The van der Waals surface area contributed by atoms with E-state index in [2.05, 4.69) is 34.5 Å². The second kappa shape index (κ2) is 13.1. The molecule has 1 fully saturated rings. The van der Waals surface area contributed by atoms with Crippen LogP contribution in [0.25, 0.3) is 16.5 Å². The molecule has 1 atom stereocenters. The third-order valence-corrected chi connectivity index (χ3v) is 9.76. The van der Waals surface area contributed by atoms with Gasteiger partial charge in [-0.25, -0.2) is 0 Å². The summed E-state index contributed by atoms with van der Waals surface area (Å²) < 4.78 is 22.3. The van der Waals surface area contributed by atoms with Crippen LogP contribution in [0.2, 0.25) is 0 Å². The van der Waals surface area contributed by atoms with Crippen LogP contribution in [0.5, 0.6) is 23.0 Å². The van der Waals surface area contributed by atoms with Crippen molar-refractivity contribution in [3.8, 4) is 23.0 Å². The van der Waals surface area contributed by atoms with Crippen LogP contribution < -0.4 is 23.8 Å². The Morgan fingerprint density at radius 2 is 1.50 bits per heavy atom. The number of aromatic nitrogens is 2. The topological polar surface area (TPSA) is 120 Å². The van der Waals surface area contributed by atoms with E-state index in [9.17, 15) is 14.7 Å². The Hall–Kier alpha value is -5.07. The molecule has 46 heavy (non-hydrogen) atoms. The average Bonchev–Trinajstić information content (AvgIpc) is 3.67. The third kappa shape index (κ3) is 5.61. The zero-order valence-corrected chi connectivity index (χ0v) is 27.0. The lowest BCUT2D eigenvalue weighted by Gasteiger charge is -2.23. The number of aliphatic hydroxyl groups excluding tert-OH is 1. The minimum atomic E-state index is -1.04. The molecule has 1 aliphatic heterocycles. The van der Waals surface area contributed by atoms with Crippen molar-refractivity contribution in [2.45, 2.75) is 16.1 Å². The molecule has 0 saturated carbocycles. The fourth-order valence-corrected chi connectivity index (χ4v) is 7.29. The number of carbonyl (C=O) groups excluding carboxylic acids is 2. The molecule has 2 heterocycles. The van der Waals surface area contributed by atoms with Crippen LogP contribution in [0, 0.1) is 0 Å². The first-order valence-electron chi connectivity index (χ1n) is 14.1. The summed E-state index contributed by atoms with van der Waals surface area (Å²) in [6, 6.07) is 23.1. The number of hydrogen-bond donors (Lipinski definition) is 1. The summed E-state index contributed by atoms with van der Waals surface area (Å²) in [7, 11) is 5.97. The lowest BCUT2D eigenvalue weighted by Crippen LogP contribution is -2.29. The number of nitrogens with zero attached hydrogens (tertiary/aromatic N) is 3. The molecular weight excluding hydrogens is 627 g/mol. The largest absolute Gasteiger partial charge is 0.507 e. The smallest absolute Gasteiger partial charge is 0.301 e. The van der Waals surface area contributed by atoms with Crippen molar-refractivity contribution in [3.63, 3.8) is 0 Å². The van der Waals surface area contributed by atoms with Crippen LogP contribution in [0.4, 0.5) is 5.13 Å². The molecule has 0 spiro atoms. The number of rotatable bonds is 10. The number of methoxy groups -OCH3 is 4. The van der Waals surface area contributed by atoms with Gasteiger partial charge in [-0.3, -0.25) is 14.5 Å². The minimum absolute atomic E-state index is 0.121. The highest BCUT2D eigenvalue weighted by Crippen LogP contribution is 2.46. The Balaban J connectivity index is 1.41. The number of carbonyl (C=O) groups is 2. The molecule has 12 heteroatoms. The van der Waals surface area contributed by atoms with E-state index < -0.39 is 17.7 Å². The number of aliphatic hydroxyl groups is 1. The molecule has 1 unspecified atom stereocenters. The maximum absolute atomic E-state index is 13.7. The second-order valence-corrected chi connectivity index (χ2v) is 12.3. The number of ketones is 1. The van der Waals surface area contributed by atoms with Gasteiger partial charge in [0.1, 0.15) is 5.76 Å². The van der Waals surface area contributed by atoms with Crippen LogP contribution in [0.15, 0.2) is 88.8 Å². The summed E-state index contributed by atoms with van der Waals surface area (Å²) in [6.45, 7) is 0. The van der Waals surface area contributed by atoms with Crippen molar-refractivity contribution in [2.75, 3.05) is 33.3 Å². The van der Waals surface area contributed by atoms with Gasteiger partial charge in [0.2, 0.25) is 5.13 Å². The predicted octanol–water partition coefficient (Wildman–Crippen LogP) is 6.64. The molecule has 6 rings (SSSR count). The van der Waals surface area contributed by atoms with Crippen molar-refractivity contribution >= 4 is 56.5 Å². The summed E-state index contributed by atoms with van der Waals surface area (Å²) in [5, 5.41) is 22.8. The molecular formula is C34H29N3O7S2. The molecule has 0 bridgehead atoms. The van der Waals surface area contributed by atoms with Crippen LogP contribution in [-0.2, 0) is 15.3 Å². The number of anilines is 1. The Kier molecular flexibility index (Phi) is 8.82. The van der Waals surface area contributed by atoms with Crippen molar-refractivity contribution in [2.24, 2.45) is 0 Å². The van der Waals surface area contributed by atoms with E-state index in [1.165, 1.54) is 56.4 Å². The Bertz CT molecular complexity index is 1990. The molecule has 234 valence electrons. The zero-order valence-electron chi connectivity index (χ0n) is 25.3. The highest BCUT2D eigenvalue weighted by Gasteiger charge is 2.48. The quantitative estimate of drug-likeness (QED) is 0.0576. The van der Waals surface area contributed by atoms with Gasteiger partial charge in [-0.2, -0.15) is 0 Å². The lowest BCUT2D eigenvalue weighted by atomic mass is 9.95. The average molecular weight is 656 g/mol. The summed E-state index contributed by atoms with van der Waals surface area (Å²) in [5.74, 6) is 0.186. The fraction of sp³-hybridized carbons (Fsp3) is 0.176. The predicted molar refractivity (Wildman–Crippen MR) is 177 cm³/mol. The van der Waals surface area contributed by atoms with Crippen LogP contribution >= 0.6 is 23.1 Å². The molecule has 1 aliphatic rings. The maximum atomic E-state index is 13.7. The normalized spacial score (nSPS) is 15.7. The maximum Gasteiger partial charge on any atom is 0.301 e. The minimum Gasteiger partial charge on any atom is -0.507 e. The molecule has 0 aliphatic carbocycles. The van der Waals surface area contributed by atoms with Crippen LogP contribution in [0.3, 0.4) is 0 Å². The monoisotopic (exact) mass is 655 g/mol. The van der Waals surface area contributed by atoms with Crippen molar-refractivity contribution in [3.05, 3.63) is 101 Å². The molecule has 1 amide bonds. The lowest BCUT2D eigenvalue weighted by molar-refractivity contribution is -0.132. The number of thioether (sulfide) groups is 1. The van der Waals surface area contributed by atoms with Gasteiger partial charge in [0.15, 0.2) is 27.3 Å². The number of fused-ring (bicyclic) bond motifs is 1. The van der Waals surface area contributed by atoms with Gasteiger partial charge >= 0.3 is 5.91 Å². The molecule has 1 aromatic heterocycles. The first kappa shape index (κ1) is 30.9. The zero-order chi connectivity index (χ0) is 32.4. The molecule has 5 aromatic rings. The van der Waals surface area contributed by atoms with Gasteiger partial charge in [0, 0.05) is 11.3 Å². The summed E-state index contributed by atoms with van der Waals surface area (Å²) in [4.78, 5) is 28.7. The number of Topliss-reactive ketones (excluding diaryl/α,β-unsaturated/α-hetero) is 1. The number of hydrogen-bond acceptors (Lipinski definition) is 11. The third-order valence-electron chi connectivity index (χ3n) is 7.66. The summed E-state index contributed by atoms with van der Waals surface area (Å²) in [6.07, 6.45) is 0. The second-order valence-electron chi connectivity index (χ2n) is 10.1. The van der Waals surface area contributed by atoms with Gasteiger partial charge < -0.3 is 24.1 Å². The highest BCUT2D eigenvalue weighted by molar-refractivity contribution is 8.00.